The fourth-order valence-electron chi connectivity index (χ4n) is 8.46. The van der Waals surface area contributed by atoms with Gasteiger partial charge < -0.3 is 19.6 Å². The van der Waals surface area contributed by atoms with Gasteiger partial charge >= 0.3 is 0 Å². The lowest BCUT2D eigenvalue weighted by Gasteiger charge is -2.44. The lowest BCUT2D eigenvalue weighted by Crippen LogP contribution is -2.64. The second kappa shape index (κ2) is 11.5. The van der Waals surface area contributed by atoms with Crippen LogP contribution < -0.4 is 0 Å². The molecule has 11 heteroatoms. The van der Waals surface area contributed by atoms with E-state index >= 15 is 0 Å². The molecule has 4 fully saturated rings. The van der Waals surface area contributed by atoms with E-state index in [4.69, 9.17) is 11.6 Å². The predicted molar refractivity (Wildman–Crippen MR) is 167 cm³/mol. The average molecular weight is 632 g/mol. The first-order valence-corrected chi connectivity index (χ1v) is 16.5. The molecule has 1 aromatic carbocycles. The van der Waals surface area contributed by atoms with Crippen LogP contribution in [0.15, 0.2) is 53.6 Å². The van der Waals surface area contributed by atoms with Gasteiger partial charge in [-0.05, 0) is 56.6 Å². The van der Waals surface area contributed by atoms with E-state index in [1.54, 1.807) is 34.1 Å². The molecule has 45 heavy (non-hydrogen) atoms. The van der Waals surface area contributed by atoms with Crippen molar-refractivity contribution in [1.29, 1.82) is 0 Å². The summed E-state index contributed by atoms with van der Waals surface area (Å²) in [7, 11) is 0. The molecule has 0 unspecified atom stereocenters. The van der Waals surface area contributed by atoms with E-state index in [1.165, 1.54) is 11.8 Å². The number of amides is 5. The van der Waals surface area contributed by atoms with Crippen LogP contribution in [0.3, 0.4) is 0 Å². The Morgan fingerprint density at radius 3 is 2.58 bits per heavy atom. The first kappa shape index (κ1) is 29.9. The fraction of sp³-hybridized carbons (Fsp3) is 0.529. The first-order valence-electron chi connectivity index (χ1n) is 16.1. The quantitative estimate of drug-likeness (QED) is 0.375. The Bertz CT molecular complexity index is 1550. The monoisotopic (exact) mass is 631 g/mol. The third-order valence-corrected chi connectivity index (χ3v) is 10.9. The zero-order valence-electron chi connectivity index (χ0n) is 25.4. The van der Waals surface area contributed by atoms with Crippen molar-refractivity contribution < 1.29 is 24.0 Å². The molecule has 0 aliphatic carbocycles. The van der Waals surface area contributed by atoms with E-state index in [-0.39, 0.29) is 47.9 Å². The smallest absolute Gasteiger partial charge is 0.269 e. The van der Waals surface area contributed by atoms with Crippen LogP contribution in [0, 0.1) is 5.92 Å². The van der Waals surface area contributed by atoms with E-state index in [0.717, 1.165) is 19.3 Å². The number of likely N-dealkylation sites (tertiary alicyclic amines) is 2. The van der Waals surface area contributed by atoms with Crippen molar-refractivity contribution >= 4 is 46.8 Å². The van der Waals surface area contributed by atoms with E-state index in [9.17, 15) is 24.0 Å². The predicted octanol–water partition coefficient (Wildman–Crippen LogP) is 2.94. The molecule has 6 atom stereocenters. The molecule has 6 aliphatic heterocycles. The fourth-order valence-corrected chi connectivity index (χ4v) is 8.66. The minimum Gasteiger partial charge on any atom is -0.334 e. The lowest BCUT2D eigenvalue weighted by atomic mass is 9.88. The highest BCUT2D eigenvalue weighted by molar-refractivity contribution is 6.42. The Labute approximate surface area is 267 Å². The van der Waals surface area contributed by atoms with Crippen LogP contribution in [0.5, 0.6) is 0 Å². The summed E-state index contributed by atoms with van der Waals surface area (Å²) in [6.45, 7) is 2.79. The highest BCUT2D eigenvalue weighted by atomic mass is 35.5. The Morgan fingerprint density at radius 2 is 1.78 bits per heavy atom. The summed E-state index contributed by atoms with van der Waals surface area (Å²) in [5, 5.41) is 0.458. The van der Waals surface area contributed by atoms with Gasteiger partial charge in [0.15, 0.2) is 0 Å². The molecule has 0 bridgehead atoms. The summed E-state index contributed by atoms with van der Waals surface area (Å²) in [6, 6.07) is 5.69. The normalized spacial score (nSPS) is 32.3. The van der Waals surface area contributed by atoms with Gasteiger partial charge in [0.25, 0.3) is 11.8 Å². The van der Waals surface area contributed by atoms with Gasteiger partial charge in [0, 0.05) is 43.9 Å². The molecule has 0 aromatic heterocycles. The van der Waals surface area contributed by atoms with Crippen molar-refractivity contribution in [1.82, 2.24) is 19.6 Å². The Balaban J connectivity index is 1.15. The van der Waals surface area contributed by atoms with Crippen molar-refractivity contribution in [2.75, 3.05) is 19.6 Å². The molecule has 5 amide bonds. The molecule has 7 rings (SSSR count). The molecule has 1 aromatic rings. The van der Waals surface area contributed by atoms with Crippen molar-refractivity contribution in [2.24, 2.45) is 10.9 Å². The number of nitrogens with zero attached hydrogens (tertiary/aromatic N) is 5. The topological polar surface area (TPSA) is 111 Å². The van der Waals surface area contributed by atoms with Gasteiger partial charge in [-0.3, -0.25) is 24.0 Å². The van der Waals surface area contributed by atoms with Gasteiger partial charge in [0.1, 0.15) is 23.3 Å². The van der Waals surface area contributed by atoms with Crippen LogP contribution in [0.2, 0.25) is 5.02 Å². The lowest BCUT2D eigenvalue weighted by molar-refractivity contribution is -0.155. The summed E-state index contributed by atoms with van der Waals surface area (Å²) in [5.41, 5.74) is -0.591. The first-order chi connectivity index (χ1) is 21.7. The van der Waals surface area contributed by atoms with Gasteiger partial charge in [-0.2, -0.15) is 0 Å². The number of rotatable bonds is 4. The maximum Gasteiger partial charge on any atom is 0.269 e. The SMILES string of the molecule is CC(=O)/N=C(/Cc1ccccc1Cl)C(=O)N1CCC[C@]12C=C[C@@H]1CC[C@@H](C(=O)N3CC[C@@H]4C=C[C@H]5CCCN5C(=O)[C@H]43)N1C2=O. The second-order valence-corrected chi connectivity index (χ2v) is 13.5. The molecule has 6 heterocycles. The largest absolute Gasteiger partial charge is 0.334 e. The van der Waals surface area contributed by atoms with Crippen molar-refractivity contribution in [2.45, 2.75) is 88.0 Å². The summed E-state index contributed by atoms with van der Waals surface area (Å²) in [6.07, 6.45) is 12.9. The van der Waals surface area contributed by atoms with Crippen molar-refractivity contribution in [3.8, 4) is 0 Å². The average Bonchev–Trinajstić information content (AvgIpc) is 3.82. The third kappa shape index (κ3) is 4.92. The number of fused-ring (bicyclic) bond motifs is 3. The molecule has 1 spiro atoms. The molecular weight excluding hydrogens is 594 g/mol. The number of hydrogen-bond donors (Lipinski definition) is 0. The molecule has 0 saturated carbocycles. The second-order valence-electron chi connectivity index (χ2n) is 13.1. The van der Waals surface area contributed by atoms with Gasteiger partial charge in [-0.15, -0.1) is 0 Å². The number of benzene rings is 1. The minimum absolute atomic E-state index is 0.0117. The van der Waals surface area contributed by atoms with Crippen LogP contribution in [0.4, 0.5) is 0 Å². The van der Waals surface area contributed by atoms with Gasteiger partial charge in [0.05, 0.1) is 12.1 Å². The molecule has 0 N–H and O–H groups in total. The van der Waals surface area contributed by atoms with E-state index < -0.39 is 29.4 Å². The third-order valence-electron chi connectivity index (χ3n) is 10.6. The number of hydrogen-bond acceptors (Lipinski definition) is 5. The Hall–Kier alpha value is -3.79. The Morgan fingerprint density at radius 1 is 0.956 bits per heavy atom. The van der Waals surface area contributed by atoms with Crippen LogP contribution in [0.25, 0.3) is 0 Å². The molecular formula is C34H38ClN5O5. The van der Waals surface area contributed by atoms with Crippen LogP contribution >= 0.6 is 11.6 Å². The van der Waals surface area contributed by atoms with Crippen LogP contribution in [-0.2, 0) is 30.4 Å². The van der Waals surface area contributed by atoms with E-state index in [1.807, 2.05) is 17.1 Å². The zero-order valence-corrected chi connectivity index (χ0v) is 26.2. The number of carbonyl (C=O) groups excluding carboxylic acids is 5. The van der Waals surface area contributed by atoms with E-state index in [2.05, 4.69) is 17.1 Å². The maximum absolute atomic E-state index is 14.6. The van der Waals surface area contributed by atoms with Crippen molar-refractivity contribution in [3.05, 3.63) is 59.2 Å². The van der Waals surface area contributed by atoms with Gasteiger partial charge in [-0.25, -0.2) is 4.99 Å². The highest BCUT2D eigenvalue weighted by Crippen LogP contribution is 2.42. The van der Waals surface area contributed by atoms with Crippen molar-refractivity contribution in [3.63, 3.8) is 0 Å². The number of carbonyl (C=O) groups is 5. The molecule has 236 valence electrons. The molecule has 0 radical (unpaired) electrons. The summed E-state index contributed by atoms with van der Waals surface area (Å²) >= 11 is 6.38. The molecule has 6 aliphatic rings. The van der Waals surface area contributed by atoms with Crippen LogP contribution in [0.1, 0.15) is 57.4 Å². The highest BCUT2D eigenvalue weighted by Gasteiger charge is 2.58. The number of halogens is 1. The standard InChI is InChI=1S/C34H38ClN5O5/c1-21(41)36-27(20-23-6-2-3-8-26(23)35)30(42)39-18-5-15-34(39)16-13-25-11-12-28(40(25)33(34)45)31(43)38-19-14-22-9-10-24-7-4-17-37(24)32(44)29(22)38/h2-3,6,8-10,13,16,22,24-25,28-29H,4-5,7,11-12,14-15,17-20H2,1H3/b36-27-/t22-,24+,25-,28-,29-,34+/m0/s1. The van der Waals surface area contributed by atoms with Gasteiger partial charge in [-0.1, -0.05) is 54.1 Å². The summed E-state index contributed by atoms with van der Waals surface area (Å²) in [4.78, 5) is 79.8. The molecule has 10 nitrogen and oxygen atoms in total. The number of aliphatic imine (C=N–C) groups is 1. The van der Waals surface area contributed by atoms with Gasteiger partial charge in [0.2, 0.25) is 17.7 Å². The maximum atomic E-state index is 14.6. The van der Waals surface area contributed by atoms with E-state index in [0.29, 0.717) is 55.9 Å². The summed E-state index contributed by atoms with van der Waals surface area (Å²) < 4.78 is 0. The van der Waals surface area contributed by atoms with Crippen LogP contribution in [-0.4, -0.2) is 104 Å². The summed E-state index contributed by atoms with van der Waals surface area (Å²) in [5.74, 6) is -1.47. The molecule has 4 saturated heterocycles. The minimum atomic E-state index is -1.27. The Kier molecular flexibility index (Phi) is 7.66. The zero-order chi connectivity index (χ0) is 31.5.